The van der Waals surface area contributed by atoms with Gasteiger partial charge in [-0.15, -0.1) is 0 Å². The Morgan fingerprint density at radius 2 is 2.14 bits per heavy atom. The maximum Gasteiger partial charge on any atom is 0.264 e. The molecule has 0 amide bonds. The van der Waals surface area contributed by atoms with Crippen LogP contribution < -0.4 is 4.90 Å². The summed E-state index contributed by atoms with van der Waals surface area (Å²) in [6.07, 6.45) is 2.51. The summed E-state index contributed by atoms with van der Waals surface area (Å²) in [6, 6.07) is 7.73. The van der Waals surface area contributed by atoms with Crippen molar-refractivity contribution in [2.45, 2.75) is 19.8 Å². The van der Waals surface area contributed by atoms with Crippen molar-refractivity contribution in [1.82, 2.24) is 0 Å². The first kappa shape index (κ1) is 17.5. The van der Waals surface area contributed by atoms with E-state index < -0.39 is 10.1 Å². The zero-order valence-corrected chi connectivity index (χ0v) is 13.2. The lowest BCUT2D eigenvalue weighted by molar-refractivity contribution is 0.423. The first-order chi connectivity index (χ1) is 9.96. The normalized spacial score (nSPS) is 11.8. The minimum atomic E-state index is -3.86. The van der Waals surface area contributed by atoms with Crippen LogP contribution >= 0.6 is 0 Å². The number of methoxy groups -OCH3 is 1. The van der Waals surface area contributed by atoms with Crippen LogP contribution in [0, 0.1) is 0 Å². The minimum absolute atomic E-state index is 0.192. The molecule has 118 valence electrons. The highest BCUT2D eigenvalue weighted by Crippen LogP contribution is 2.21. The molecule has 0 saturated heterocycles. The number of ether oxygens (including phenoxy) is 1. The molecule has 6 nitrogen and oxygen atoms in total. The highest BCUT2D eigenvalue weighted by atomic mass is 32.2. The van der Waals surface area contributed by atoms with E-state index in [-0.39, 0.29) is 5.75 Å². The van der Waals surface area contributed by atoms with E-state index in [9.17, 15) is 8.42 Å². The molecule has 0 atom stereocenters. The highest BCUT2D eigenvalue weighted by molar-refractivity contribution is 7.85. The van der Waals surface area contributed by atoms with Gasteiger partial charge < -0.3 is 9.64 Å². The van der Waals surface area contributed by atoms with Crippen LogP contribution in [0.25, 0.3) is 0 Å². The second kappa shape index (κ2) is 8.63. The topological polar surface area (TPSA) is 79.2 Å². The lowest BCUT2D eigenvalue weighted by Crippen LogP contribution is -2.24. The van der Waals surface area contributed by atoms with Gasteiger partial charge in [0.2, 0.25) is 0 Å². The standard InChI is InChI=1S/C14H22N2O4S/c1-3-16(9-4-5-10-21(17,18)19)14-8-6-7-13(11-14)15-12-20-2/h6-8,11-12H,3-5,9-10H2,1-2H3,(H,17,18,19). The van der Waals surface area contributed by atoms with Crippen LogP contribution in [0.1, 0.15) is 19.8 Å². The van der Waals surface area contributed by atoms with Crippen LogP contribution in [0.15, 0.2) is 29.3 Å². The number of hydrogen-bond acceptors (Lipinski definition) is 5. The molecular formula is C14H22N2O4S. The van der Waals surface area contributed by atoms with Crippen LogP contribution in [0.3, 0.4) is 0 Å². The molecule has 1 N–H and O–H groups in total. The Balaban J connectivity index is 2.61. The molecule has 0 fully saturated rings. The maximum absolute atomic E-state index is 10.7. The molecule has 1 rings (SSSR count). The SMILES string of the molecule is CCN(CCCCS(=O)(=O)O)c1cccc(N=COC)c1. The summed E-state index contributed by atoms with van der Waals surface area (Å²) in [4.78, 5) is 6.28. The first-order valence-electron chi connectivity index (χ1n) is 6.81. The van der Waals surface area contributed by atoms with Gasteiger partial charge in [-0.25, -0.2) is 4.99 Å². The van der Waals surface area contributed by atoms with Crippen molar-refractivity contribution < 1.29 is 17.7 Å². The summed E-state index contributed by atoms with van der Waals surface area (Å²) in [7, 11) is -2.32. The fraction of sp³-hybridized carbons (Fsp3) is 0.500. The van der Waals surface area contributed by atoms with Crippen LogP contribution in [-0.2, 0) is 14.9 Å². The summed E-state index contributed by atoms with van der Waals surface area (Å²) in [5.74, 6) is -0.192. The fourth-order valence-corrected chi connectivity index (χ4v) is 2.51. The molecule has 0 aliphatic carbocycles. The van der Waals surface area contributed by atoms with Gasteiger partial charge in [0.15, 0.2) is 6.40 Å². The largest absolute Gasteiger partial charge is 0.486 e. The van der Waals surface area contributed by atoms with E-state index in [1.165, 1.54) is 6.40 Å². The molecule has 21 heavy (non-hydrogen) atoms. The lowest BCUT2D eigenvalue weighted by Gasteiger charge is -2.23. The monoisotopic (exact) mass is 314 g/mol. The summed E-state index contributed by atoms with van der Waals surface area (Å²) in [6.45, 7) is 3.57. The van der Waals surface area contributed by atoms with Crippen molar-refractivity contribution >= 4 is 27.9 Å². The summed E-state index contributed by atoms with van der Waals surface area (Å²) >= 11 is 0. The number of unbranched alkanes of at least 4 members (excludes halogenated alkanes) is 1. The number of rotatable bonds is 9. The fourth-order valence-electron chi connectivity index (χ4n) is 1.94. The van der Waals surface area contributed by atoms with E-state index >= 15 is 0 Å². The summed E-state index contributed by atoms with van der Waals surface area (Å²) in [5.41, 5.74) is 1.82. The van der Waals surface area contributed by atoms with Crippen molar-refractivity contribution in [2.75, 3.05) is 30.9 Å². The Kier molecular flexibility index (Phi) is 7.18. The minimum Gasteiger partial charge on any atom is -0.486 e. The third-order valence-electron chi connectivity index (χ3n) is 2.96. The third kappa shape index (κ3) is 7.10. The van der Waals surface area contributed by atoms with E-state index in [0.29, 0.717) is 12.8 Å². The van der Waals surface area contributed by atoms with Crippen molar-refractivity contribution in [1.29, 1.82) is 0 Å². The predicted octanol–water partition coefficient (Wildman–Crippen LogP) is 2.49. The van der Waals surface area contributed by atoms with Gasteiger partial charge in [-0.3, -0.25) is 4.55 Å². The molecule has 0 spiro atoms. The van der Waals surface area contributed by atoms with Gasteiger partial charge in [0.1, 0.15) is 0 Å². The zero-order chi connectivity index (χ0) is 15.7. The van der Waals surface area contributed by atoms with Gasteiger partial charge >= 0.3 is 0 Å². The number of nitrogens with zero attached hydrogens (tertiary/aromatic N) is 2. The molecule has 7 heteroatoms. The Hall–Kier alpha value is -1.60. The lowest BCUT2D eigenvalue weighted by atomic mass is 10.2. The van der Waals surface area contributed by atoms with Crippen LogP contribution in [0.5, 0.6) is 0 Å². The summed E-state index contributed by atoms with van der Waals surface area (Å²) in [5, 5.41) is 0. The van der Waals surface area contributed by atoms with Gasteiger partial charge in [-0.2, -0.15) is 8.42 Å². The molecule has 0 aromatic heterocycles. The quantitative estimate of drug-likeness (QED) is 0.328. The van der Waals surface area contributed by atoms with Crippen LogP contribution in [0.2, 0.25) is 0 Å². The smallest absolute Gasteiger partial charge is 0.264 e. The molecule has 0 saturated carbocycles. The molecule has 1 aromatic rings. The third-order valence-corrected chi connectivity index (χ3v) is 3.77. The molecule has 1 aromatic carbocycles. The Morgan fingerprint density at radius 1 is 1.38 bits per heavy atom. The molecule has 0 aliphatic heterocycles. The first-order valence-corrected chi connectivity index (χ1v) is 8.42. The van der Waals surface area contributed by atoms with Gasteiger partial charge in [-0.1, -0.05) is 6.07 Å². The Morgan fingerprint density at radius 3 is 2.76 bits per heavy atom. The Bertz CT molecular complexity index is 558. The average molecular weight is 314 g/mol. The Labute approximate surface area is 126 Å². The van der Waals surface area contributed by atoms with Gasteiger partial charge in [0.25, 0.3) is 10.1 Å². The van der Waals surface area contributed by atoms with Crippen molar-refractivity contribution in [3.05, 3.63) is 24.3 Å². The van der Waals surface area contributed by atoms with E-state index in [2.05, 4.69) is 9.89 Å². The number of hydrogen-bond donors (Lipinski definition) is 1. The number of benzene rings is 1. The highest BCUT2D eigenvalue weighted by Gasteiger charge is 2.07. The zero-order valence-electron chi connectivity index (χ0n) is 12.4. The van der Waals surface area contributed by atoms with Gasteiger partial charge in [-0.05, 0) is 38.0 Å². The van der Waals surface area contributed by atoms with Gasteiger partial charge in [0.05, 0.1) is 18.6 Å². The van der Waals surface area contributed by atoms with Crippen molar-refractivity contribution in [3.8, 4) is 0 Å². The van der Waals surface area contributed by atoms with Crippen molar-refractivity contribution in [2.24, 2.45) is 4.99 Å². The van der Waals surface area contributed by atoms with E-state index in [1.54, 1.807) is 7.11 Å². The molecule has 0 unspecified atom stereocenters. The van der Waals surface area contributed by atoms with Crippen molar-refractivity contribution in [3.63, 3.8) is 0 Å². The predicted molar refractivity (Wildman–Crippen MR) is 85.1 cm³/mol. The summed E-state index contributed by atoms with van der Waals surface area (Å²) < 4.78 is 34.9. The average Bonchev–Trinajstić information content (AvgIpc) is 2.44. The molecule has 0 radical (unpaired) electrons. The van der Waals surface area contributed by atoms with Crippen LogP contribution in [0.4, 0.5) is 11.4 Å². The van der Waals surface area contributed by atoms with E-state index in [0.717, 1.165) is 24.5 Å². The molecular weight excluding hydrogens is 292 g/mol. The molecule has 0 heterocycles. The van der Waals surface area contributed by atoms with Gasteiger partial charge in [0, 0.05) is 18.8 Å². The van der Waals surface area contributed by atoms with E-state index in [4.69, 9.17) is 9.29 Å². The van der Waals surface area contributed by atoms with E-state index in [1.807, 2.05) is 31.2 Å². The maximum atomic E-state index is 10.7. The number of anilines is 1. The number of aliphatic imine (C=N–C) groups is 1. The second-order valence-corrected chi connectivity index (χ2v) is 6.13. The second-order valence-electron chi connectivity index (χ2n) is 4.56. The molecule has 0 aliphatic rings. The molecule has 0 bridgehead atoms. The van der Waals surface area contributed by atoms with Crippen LogP contribution in [-0.4, -0.2) is 45.3 Å².